The van der Waals surface area contributed by atoms with Crippen LogP contribution in [0.3, 0.4) is 0 Å². The number of carbonyl (C=O) groups excluding carboxylic acids is 1. The van der Waals surface area contributed by atoms with Crippen LogP contribution in [0.4, 0.5) is 8.78 Å². The first kappa shape index (κ1) is 16.2. The molecule has 7 heteroatoms. The number of halogens is 2. The van der Waals surface area contributed by atoms with Crippen LogP contribution in [0.2, 0.25) is 0 Å². The lowest BCUT2D eigenvalue weighted by Crippen LogP contribution is -2.40. The average molecular weight is 347 g/mol. The molecule has 5 nitrogen and oxygen atoms in total. The Morgan fingerprint density at radius 3 is 2.88 bits per heavy atom. The van der Waals surface area contributed by atoms with Gasteiger partial charge in [-0.05, 0) is 43.7 Å². The van der Waals surface area contributed by atoms with E-state index in [0.717, 1.165) is 43.6 Å². The van der Waals surface area contributed by atoms with E-state index in [1.165, 1.54) is 6.07 Å². The Labute approximate surface area is 144 Å². The van der Waals surface area contributed by atoms with Gasteiger partial charge in [0.2, 0.25) is 5.89 Å². The van der Waals surface area contributed by atoms with Crippen molar-refractivity contribution in [2.45, 2.75) is 38.0 Å². The molecule has 1 saturated carbocycles. The molecule has 1 aliphatic carbocycles. The fourth-order valence-corrected chi connectivity index (χ4v) is 3.35. The van der Waals surface area contributed by atoms with Gasteiger partial charge in [-0.1, -0.05) is 5.16 Å². The molecular weight excluding hydrogens is 328 g/mol. The number of hydrogen-bond donors (Lipinski definition) is 0. The Kier molecular flexibility index (Phi) is 4.23. The third kappa shape index (κ3) is 3.55. The molecule has 2 heterocycles. The highest BCUT2D eigenvalue weighted by atomic mass is 19.1. The molecule has 1 atom stereocenters. The molecule has 1 amide bonds. The number of rotatable bonds is 4. The lowest BCUT2D eigenvalue weighted by atomic mass is 9.94. The number of nitrogens with zero attached hydrogens (tertiary/aromatic N) is 3. The van der Waals surface area contributed by atoms with Crippen LogP contribution in [0.15, 0.2) is 22.7 Å². The molecule has 1 aromatic heterocycles. The van der Waals surface area contributed by atoms with Gasteiger partial charge in [0.1, 0.15) is 11.6 Å². The first-order valence-corrected chi connectivity index (χ1v) is 8.67. The summed E-state index contributed by atoms with van der Waals surface area (Å²) in [6.07, 6.45) is 4.65. The minimum Gasteiger partial charge on any atom is -0.339 e. The van der Waals surface area contributed by atoms with E-state index in [9.17, 15) is 13.6 Å². The van der Waals surface area contributed by atoms with Gasteiger partial charge in [0.25, 0.3) is 5.91 Å². The van der Waals surface area contributed by atoms with Crippen LogP contribution in [0, 0.1) is 17.6 Å². The molecule has 2 aromatic rings. The second-order valence-electron chi connectivity index (χ2n) is 6.91. The second kappa shape index (κ2) is 6.54. The molecule has 1 aliphatic heterocycles. The van der Waals surface area contributed by atoms with Crippen molar-refractivity contribution in [3.8, 4) is 0 Å². The Hall–Kier alpha value is -2.31. The molecule has 0 spiro atoms. The molecule has 0 radical (unpaired) electrons. The average Bonchev–Trinajstić information content (AvgIpc) is 3.35. The predicted molar refractivity (Wildman–Crippen MR) is 85.0 cm³/mol. The molecule has 2 aliphatic rings. The summed E-state index contributed by atoms with van der Waals surface area (Å²) in [6.45, 7) is 1.08. The molecule has 2 fully saturated rings. The summed E-state index contributed by atoms with van der Waals surface area (Å²) in [6, 6.07) is 3.05. The van der Waals surface area contributed by atoms with E-state index < -0.39 is 17.5 Å². The number of amides is 1. The summed E-state index contributed by atoms with van der Waals surface area (Å²) in [5, 5.41) is 4.01. The first-order valence-electron chi connectivity index (χ1n) is 8.67. The monoisotopic (exact) mass is 347 g/mol. The normalized spacial score (nSPS) is 20.7. The quantitative estimate of drug-likeness (QED) is 0.851. The summed E-state index contributed by atoms with van der Waals surface area (Å²) >= 11 is 0. The molecule has 25 heavy (non-hydrogen) atoms. The van der Waals surface area contributed by atoms with Gasteiger partial charge in [0.05, 0.1) is 5.56 Å². The maximum atomic E-state index is 13.9. The van der Waals surface area contributed by atoms with Gasteiger partial charge in [-0.25, -0.2) is 8.78 Å². The van der Waals surface area contributed by atoms with E-state index in [4.69, 9.17) is 4.52 Å². The fraction of sp³-hybridized carbons (Fsp3) is 0.500. The minimum absolute atomic E-state index is 0.0872. The Morgan fingerprint density at radius 1 is 1.28 bits per heavy atom. The van der Waals surface area contributed by atoms with Crippen LogP contribution < -0.4 is 0 Å². The van der Waals surface area contributed by atoms with Gasteiger partial charge < -0.3 is 9.42 Å². The van der Waals surface area contributed by atoms with Crippen LogP contribution >= 0.6 is 0 Å². The van der Waals surface area contributed by atoms with Crippen molar-refractivity contribution >= 4 is 5.91 Å². The highest BCUT2D eigenvalue weighted by molar-refractivity contribution is 5.94. The van der Waals surface area contributed by atoms with E-state index >= 15 is 0 Å². The first-order chi connectivity index (χ1) is 12.1. The molecule has 1 aromatic carbocycles. The van der Waals surface area contributed by atoms with E-state index in [1.807, 2.05) is 0 Å². The Bertz CT molecular complexity index is 788. The minimum atomic E-state index is -0.821. The van der Waals surface area contributed by atoms with Crippen LogP contribution in [-0.4, -0.2) is 34.0 Å². The highest BCUT2D eigenvalue weighted by Gasteiger charge is 2.30. The summed E-state index contributed by atoms with van der Waals surface area (Å²) in [5.41, 5.74) is -0.0872. The van der Waals surface area contributed by atoms with Crippen LogP contribution in [0.25, 0.3) is 0 Å². The molecule has 1 saturated heterocycles. The van der Waals surface area contributed by atoms with Crippen LogP contribution in [0.5, 0.6) is 0 Å². The maximum absolute atomic E-state index is 13.9. The van der Waals surface area contributed by atoms with Gasteiger partial charge in [-0.2, -0.15) is 4.98 Å². The number of aromatic nitrogens is 2. The number of piperidine rings is 1. The zero-order valence-corrected chi connectivity index (χ0v) is 13.8. The Morgan fingerprint density at radius 2 is 2.12 bits per heavy atom. The number of hydrogen-bond acceptors (Lipinski definition) is 4. The standard InChI is InChI=1S/C18H19F2N3O2/c19-13-5-6-14(15(20)9-13)18(24)23-7-1-2-11(10-23)8-16-21-17(22-25-16)12-3-4-12/h5-6,9,11-12H,1-4,7-8,10H2. The van der Waals surface area contributed by atoms with Crippen molar-refractivity contribution in [1.29, 1.82) is 0 Å². The number of likely N-dealkylation sites (tertiary alicyclic amines) is 1. The van der Waals surface area contributed by atoms with Crippen molar-refractivity contribution in [2.24, 2.45) is 5.92 Å². The SMILES string of the molecule is O=C(c1ccc(F)cc1F)N1CCCC(Cc2nc(C3CC3)no2)C1. The highest BCUT2D eigenvalue weighted by Crippen LogP contribution is 2.38. The van der Waals surface area contributed by atoms with Crippen molar-refractivity contribution < 1.29 is 18.1 Å². The van der Waals surface area contributed by atoms with E-state index in [2.05, 4.69) is 10.1 Å². The topological polar surface area (TPSA) is 59.2 Å². The predicted octanol–water partition coefficient (Wildman–Crippen LogP) is 3.32. The summed E-state index contributed by atoms with van der Waals surface area (Å²) in [7, 11) is 0. The zero-order chi connectivity index (χ0) is 17.4. The van der Waals surface area contributed by atoms with Crippen molar-refractivity contribution in [3.05, 3.63) is 47.1 Å². The smallest absolute Gasteiger partial charge is 0.256 e. The van der Waals surface area contributed by atoms with Gasteiger partial charge in [-0.3, -0.25) is 4.79 Å². The zero-order valence-electron chi connectivity index (χ0n) is 13.8. The summed E-state index contributed by atoms with van der Waals surface area (Å²) < 4.78 is 32.2. The van der Waals surface area contributed by atoms with Crippen molar-refractivity contribution in [2.75, 3.05) is 13.1 Å². The lowest BCUT2D eigenvalue weighted by Gasteiger charge is -2.32. The van der Waals surface area contributed by atoms with E-state index in [0.29, 0.717) is 31.3 Å². The molecule has 4 rings (SSSR count). The Balaban J connectivity index is 1.42. The van der Waals surface area contributed by atoms with Gasteiger partial charge in [-0.15, -0.1) is 0 Å². The maximum Gasteiger partial charge on any atom is 0.256 e. The van der Waals surface area contributed by atoms with Gasteiger partial charge >= 0.3 is 0 Å². The largest absolute Gasteiger partial charge is 0.339 e. The van der Waals surface area contributed by atoms with Gasteiger partial charge in [0, 0.05) is 31.5 Å². The summed E-state index contributed by atoms with van der Waals surface area (Å²) in [5.74, 6) is 0.135. The fourth-order valence-electron chi connectivity index (χ4n) is 3.35. The molecular formula is C18H19F2N3O2. The molecule has 0 N–H and O–H groups in total. The second-order valence-corrected chi connectivity index (χ2v) is 6.91. The summed E-state index contributed by atoms with van der Waals surface area (Å²) in [4.78, 5) is 18.6. The van der Waals surface area contributed by atoms with E-state index in [1.54, 1.807) is 4.90 Å². The number of carbonyl (C=O) groups is 1. The van der Waals surface area contributed by atoms with Crippen LogP contribution in [0.1, 0.15) is 53.7 Å². The lowest BCUT2D eigenvalue weighted by molar-refractivity contribution is 0.0663. The number of benzene rings is 1. The van der Waals surface area contributed by atoms with E-state index in [-0.39, 0.29) is 11.5 Å². The van der Waals surface area contributed by atoms with Crippen LogP contribution in [-0.2, 0) is 6.42 Å². The molecule has 1 unspecified atom stereocenters. The van der Waals surface area contributed by atoms with Crippen molar-refractivity contribution in [1.82, 2.24) is 15.0 Å². The third-order valence-electron chi connectivity index (χ3n) is 4.86. The molecule has 0 bridgehead atoms. The van der Waals surface area contributed by atoms with Gasteiger partial charge in [0.15, 0.2) is 5.82 Å². The van der Waals surface area contributed by atoms with Crippen molar-refractivity contribution in [3.63, 3.8) is 0 Å². The molecule has 132 valence electrons. The third-order valence-corrected chi connectivity index (χ3v) is 4.86.